The van der Waals surface area contributed by atoms with Crippen LogP contribution in [0, 0.1) is 18.7 Å². The third-order valence-electron chi connectivity index (χ3n) is 8.81. The summed E-state index contributed by atoms with van der Waals surface area (Å²) in [5.74, 6) is -1.33. The number of aryl methyl sites for hydroxylation is 1. The largest absolute Gasteiger partial charge is 0.497 e. The second kappa shape index (κ2) is 12.1. The molecule has 0 amide bonds. The van der Waals surface area contributed by atoms with Crippen molar-refractivity contribution in [3.05, 3.63) is 126 Å². The van der Waals surface area contributed by atoms with Gasteiger partial charge in [-0.3, -0.25) is 4.79 Å². The monoisotopic (exact) mass is 648 g/mol. The zero-order valence-electron chi connectivity index (χ0n) is 24.8. The maximum absolute atomic E-state index is 15.3. The number of halogens is 1. The van der Waals surface area contributed by atoms with Crippen LogP contribution < -0.4 is 4.74 Å². The van der Waals surface area contributed by atoms with Crippen molar-refractivity contribution in [1.82, 2.24) is 8.61 Å². The van der Waals surface area contributed by atoms with Crippen LogP contribution in [0.4, 0.5) is 4.39 Å². The zero-order valence-corrected chi connectivity index (χ0v) is 26.4. The summed E-state index contributed by atoms with van der Waals surface area (Å²) in [6.45, 7) is 1.61. The lowest BCUT2D eigenvalue weighted by molar-refractivity contribution is -0.132. The van der Waals surface area contributed by atoms with Crippen molar-refractivity contribution in [2.75, 3.05) is 13.7 Å². The van der Waals surface area contributed by atoms with E-state index in [2.05, 4.69) is 0 Å². The van der Waals surface area contributed by atoms with Crippen LogP contribution >= 0.6 is 0 Å². The van der Waals surface area contributed by atoms with Gasteiger partial charge in [0, 0.05) is 30.5 Å². The van der Waals surface area contributed by atoms with Crippen LogP contribution in [0.15, 0.2) is 113 Å². The SMILES string of the molecule is COc1ccc([C@@H]2C[C@H]3[C@@H](CN2S(=O)(=O)c2ccccc2)C(=O)CC(c2ccccc2F)N3S(=O)(=O)c2ccc(C)cc2)cc1. The van der Waals surface area contributed by atoms with E-state index in [0.29, 0.717) is 11.3 Å². The minimum Gasteiger partial charge on any atom is -0.497 e. The predicted octanol–water partition coefficient (Wildman–Crippen LogP) is 5.67. The lowest BCUT2D eigenvalue weighted by Gasteiger charge is -2.51. The first-order chi connectivity index (χ1) is 21.5. The van der Waals surface area contributed by atoms with Crippen LogP contribution in [0.5, 0.6) is 5.75 Å². The molecule has 0 radical (unpaired) electrons. The van der Waals surface area contributed by atoms with Gasteiger partial charge in [0.2, 0.25) is 20.0 Å². The van der Waals surface area contributed by atoms with E-state index in [1.807, 2.05) is 6.92 Å². The number of sulfonamides is 2. The number of carbonyl (C=O) groups is 1. The van der Waals surface area contributed by atoms with Crippen molar-refractivity contribution < 1.29 is 30.8 Å². The second-order valence-corrected chi connectivity index (χ2v) is 15.2. The average Bonchev–Trinajstić information content (AvgIpc) is 3.05. The first kappa shape index (κ1) is 31.1. The van der Waals surface area contributed by atoms with Crippen LogP contribution in [0.1, 0.15) is 41.6 Å². The van der Waals surface area contributed by atoms with Gasteiger partial charge >= 0.3 is 0 Å². The van der Waals surface area contributed by atoms with E-state index in [9.17, 15) is 21.6 Å². The molecule has 2 aliphatic heterocycles. The number of hydrogen-bond donors (Lipinski definition) is 0. The van der Waals surface area contributed by atoms with Gasteiger partial charge in [-0.15, -0.1) is 0 Å². The molecule has 0 spiro atoms. The molecule has 4 atom stereocenters. The summed E-state index contributed by atoms with van der Waals surface area (Å²) in [5, 5.41) is 0. The van der Waals surface area contributed by atoms with Gasteiger partial charge in [-0.05, 0) is 61.4 Å². The summed E-state index contributed by atoms with van der Waals surface area (Å²) < 4.78 is 80.6. The third-order valence-corrected chi connectivity index (χ3v) is 12.6. The zero-order chi connectivity index (χ0) is 31.9. The number of piperidine rings is 2. The van der Waals surface area contributed by atoms with Crippen molar-refractivity contribution in [1.29, 1.82) is 0 Å². The molecular formula is C34H33FN2O6S2. The highest BCUT2D eigenvalue weighted by molar-refractivity contribution is 7.89. The van der Waals surface area contributed by atoms with Crippen LogP contribution in [0.2, 0.25) is 0 Å². The Balaban J connectivity index is 1.52. The molecule has 8 nitrogen and oxygen atoms in total. The van der Waals surface area contributed by atoms with Gasteiger partial charge in [-0.2, -0.15) is 8.61 Å². The molecule has 0 aromatic heterocycles. The molecule has 4 aromatic rings. The highest BCUT2D eigenvalue weighted by atomic mass is 32.2. The Morgan fingerprint density at radius 3 is 2.02 bits per heavy atom. The smallest absolute Gasteiger partial charge is 0.243 e. The van der Waals surface area contributed by atoms with Gasteiger partial charge in [-0.25, -0.2) is 21.2 Å². The minimum atomic E-state index is -4.28. The number of benzene rings is 4. The van der Waals surface area contributed by atoms with E-state index < -0.39 is 49.9 Å². The molecule has 234 valence electrons. The standard InChI is InChI=1S/C34H33FN2O6S2/c1-23-12-18-27(19-13-23)45(41,42)37-32-20-31(24-14-16-25(43-2)17-15-24)36(44(39,40)26-8-4-3-5-9-26)22-29(32)34(38)21-33(37)28-10-6-7-11-30(28)35/h3-19,29,31-33H,20-22H2,1-2H3/t29-,31+,32+,33?/m1/s1. The molecule has 0 saturated carbocycles. The van der Waals surface area contributed by atoms with E-state index in [4.69, 9.17) is 4.74 Å². The van der Waals surface area contributed by atoms with E-state index >= 15 is 4.39 Å². The van der Waals surface area contributed by atoms with Crippen molar-refractivity contribution in [3.8, 4) is 5.75 Å². The molecule has 11 heteroatoms. The van der Waals surface area contributed by atoms with Gasteiger partial charge in [0.15, 0.2) is 0 Å². The molecule has 4 aromatic carbocycles. The molecule has 0 bridgehead atoms. The summed E-state index contributed by atoms with van der Waals surface area (Å²) in [4.78, 5) is 14.0. The Morgan fingerprint density at radius 1 is 0.756 bits per heavy atom. The number of nitrogens with zero attached hydrogens (tertiary/aromatic N) is 2. The summed E-state index contributed by atoms with van der Waals surface area (Å²) in [6.07, 6.45) is -0.315. The number of carbonyl (C=O) groups excluding carboxylic acids is 1. The van der Waals surface area contributed by atoms with Gasteiger partial charge in [0.1, 0.15) is 17.3 Å². The Morgan fingerprint density at radius 2 is 1.38 bits per heavy atom. The number of rotatable bonds is 7. The van der Waals surface area contributed by atoms with Gasteiger partial charge in [0.05, 0.1) is 29.0 Å². The Bertz CT molecular complexity index is 1920. The van der Waals surface area contributed by atoms with Gasteiger partial charge in [-0.1, -0.05) is 66.2 Å². The average molecular weight is 649 g/mol. The quantitative estimate of drug-likeness (QED) is 0.256. The highest BCUT2D eigenvalue weighted by Gasteiger charge is 2.54. The van der Waals surface area contributed by atoms with Crippen molar-refractivity contribution in [3.63, 3.8) is 0 Å². The summed E-state index contributed by atoms with van der Waals surface area (Å²) in [7, 11) is -6.87. The molecule has 45 heavy (non-hydrogen) atoms. The number of methoxy groups -OCH3 is 1. The van der Waals surface area contributed by atoms with E-state index in [0.717, 1.165) is 5.56 Å². The topological polar surface area (TPSA) is 101 Å². The van der Waals surface area contributed by atoms with Gasteiger partial charge < -0.3 is 4.74 Å². The summed E-state index contributed by atoms with van der Waals surface area (Å²) >= 11 is 0. The van der Waals surface area contributed by atoms with E-state index in [1.165, 1.54) is 58.2 Å². The summed E-state index contributed by atoms with van der Waals surface area (Å²) in [6, 6.07) is 24.2. The molecular weight excluding hydrogens is 616 g/mol. The molecule has 6 rings (SSSR count). The van der Waals surface area contributed by atoms with Crippen molar-refractivity contribution in [2.45, 2.75) is 47.7 Å². The number of fused-ring (bicyclic) bond motifs is 1. The fourth-order valence-electron chi connectivity index (χ4n) is 6.51. The first-order valence-electron chi connectivity index (χ1n) is 14.6. The van der Waals surface area contributed by atoms with E-state index in [-0.39, 0.29) is 40.5 Å². The number of ether oxygens (including phenoxy) is 1. The Kier molecular flexibility index (Phi) is 8.38. The van der Waals surface area contributed by atoms with E-state index in [1.54, 1.807) is 60.7 Å². The number of ketones is 1. The Hall–Kier alpha value is -3.90. The van der Waals surface area contributed by atoms with Crippen LogP contribution in [-0.4, -0.2) is 50.9 Å². The first-order valence-corrected chi connectivity index (χ1v) is 17.5. The lowest BCUT2D eigenvalue weighted by Crippen LogP contribution is -2.61. The molecule has 2 fully saturated rings. The summed E-state index contributed by atoms with van der Waals surface area (Å²) in [5.41, 5.74) is 1.58. The maximum Gasteiger partial charge on any atom is 0.243 e. The molecule has 2 aliphatic rings. The lowest BCUT2D eigenvalue weighted by atomic mass is 9.77. The minimum absolute atomic E-state index is 0.0165. The fraction of sp³-hybridized carbons (Fsp3) is 0.265. The fourth-order valence-corrected chi connectivity index (χ4v) is 10.0. The molecule has 2 heterocycles. The predicted molar refractivity (Wildman–Crippen MR) is 167 cm³/mol. The third kappa shape index (κ3) is 5.69. The molecule has 2 saturated heterocycles. The normalized spacial score (nSPS) is 23.0. The molecule has 0 N–H and O–H groups in total. The second-order valence-electron chi connectivity index (χ2n) is 11.4. The number of Topliss-reactive ketones (excluding diaryl/α,β-unsaturated/α-hetero) is 1. The molecule has 0 aliphatic carbocycles. The van der Waals surface area contributed by atoms with Crippen LogP contribution in [0.25, 0.3) is 0 Å². The van der Waals surface area contributed by atoms with Crippen LogP contribution in [-0.2, 0) is 24.8 Å². The molecule has 1 unspecified atom stereocenters. The van der Waals surface area contributed by atoms with Crippen LogP contribution in [0.3, 0.4) is 0 Å². The maximum atomic E-state index is 15.3. The van der Waals surface area contributed by atoms with Gasteiger partial charge in [0.25, 0.3) is 0 Å². The van der Waals surface area contributed by atoms with Crippen molar-refractivity contribution >= 4 is 25.8 Å². The highest BCUT2D eigenvalue weighted by Crippen LogP contribution is 2.48. The Labute approximate surface area is 263 Å². The van der Waals surface area contributed by atoms with Crippen molar-refractivity contribution in [2.24, 2.45) is 5.92 Å². The number of hydrogen-bond acceptors (Lipinski definition) is 6.